The first-order valence-corrected chi connectivity index (χ1v) is 7.43. The van der Waals surface area contributed by atoms with E-state index in [1.807, 2.05) is 5.32 Å². The molecular weight excluding hydrogens is 298 g/mol. The van der Waals surface area contributed by atoms with Crippen LogP contribution in [-0.4, -0.2) is 50.6 Å². The van der Waals surface area contributed by atoms with Crippen molar-refractivity contribution in [1.82, 2.24) is 14.9 Å². The van der Waals surface area contributed by atoms with Gasteiger partial charge in [0.15, 0.2) is 0 Å². The number of carbonyl (C=O) groups excluding carboxylic acids is 3. The fourth-order valence-electron chi connectivity index (χ4n) is 1.85. The lowest BCUT2D eigenvalue weighted by atomic mass is 10.2. The van der Waals surface area contributed by atoms with Crippen molar-refractivity contribution in [2.24, 2.45) is 0 Å². The number of sulfonamides is 1. The molecule has 0 aliphatic carbocycles. The van der Waals surface area contributed by atoms with Crippen molar-refractivity contribution in [2.75, 3.05) is 20.1 Å². The number of hydrogen-bond acceptors (Lipinski definition) is 5. The third-order valence-corrected chi connectivity index (χ3v) is 4.71. The van der Waals surface area contributed by atoms with Gasteiger partial charge in [-0.15, -0.1) is 0 Å². The smallest absolute Gasteiger partial charge is 0.251 e. The Morgan fingerprint density at radius 3 is 2.14 bits per heavy atom. The number of carbonyl (C=O) groups is 3. The molecule has 8 nitrogen and oxygen atoms in total. The van der Waals surface area contributed by atoms with Crippen molar-refractivity contribution < 1.29 is 22.8 Å². The third-order valence-electron chi connectivity index (χ3n) is 2.90. The second kappa shape index (κ2) is 5.62. The molecule has 0 spiro atoms. The normalized spacial score (nSPS) is 16.4. The van der Waals surface area contributed by atoms with Crippen LogP contribution >= 0.6 is 0 Å². The van der Waals surface area contributed by atoms with Crippen LogP contribution in [0.3, 0.4) is 0 Å². The molecule has 0 atom stereocenters. The molecular formula is C12H13N3O5S. The summed E-state index contributed by atoms with van der Waals surface area (Å²) < 4.78 is 25.4. The molecule has 1 aromatic rings. The summed E-state index contributed by atoms with van der Waals surface area (Å²) in [7, 11) is -2.49. The van der Waals surface area contributed by atoms with Crippen molar-refractivity contribution in [3.05, 3.63) is 29.8 Å². The summed E-state index contributed by atoms with van der Waals surface area (Å²) in [6, 6.07) is 5.24. The summed E-state index contributed by atoms with van der Waals surface area (Å²) in [5.74, 6) is -1.68. The van der Waals surface area contributed by atoms with Gasteiger partial charge in [-0.2, -0.15) is 4.31 Å². The third kappa shape index (κ3) is 3.09. The molecule has 1 heterocycles. The van der Waals surface area contributed by atoms with Gasteiger partial charge in [-0.05, 0) is 24.3 Å². The van der Waals surface area contributed by atoms with Crippen LogP contribution < -0.4 is 10.6 Å². The van der Waals surface area contributed by atoms with E-state index in [-0.39, 0.29) is 10.8 Å². The van der Waals surface area contributed by atoms with Crippen LogP contribution in [0.15, 0.2) is 29.2 Å². The second-order valence-electron chi connectivity index (χ2n) is 4.35. The number of nitrogens with one attached hydrogen (secondary N) is 2. The Balaban J connectivity index is 2.29. The molecule has 0 unspecified atom stereocenters. The monoisotopic (exact) mass is 311 g/mol. The predicted molar refractivity (Wildman–Crippen MR) is 71.7 cm³/mol. The van der Waals surface area contributed by atoms with E-state index >= 15 is 0 Å². The Labute approximate surface area is 121 Å². The van der Waals surface area contributed by atoms with Gasteiger partial charge in [0.2, 0.25) is 21.8 Å². The Morgan fingerprint density at radius 2 is 1.67 bits per heavy atom. The van der Waals surface area contributed by atoms with Gasteiger partial charge in [-0.25, -0.2) is 8.42 Å². The molecule has 1 saturated heterocycles. The molecule has 1 fully saturated rings. The molecule has 1 aromatic carbocycles. The maximum absolute atomic E-state index is 12.3. The van der Waals surface area contributed by atoms with Crippen molar-refractivity contribution in [3.63, 3.8) is 0 Å². The average Bonchev–Trinajstić information content (AvgIpc) is 2.45. The Morgan fingerprint density at radius 1 is 1.14 bits per heavy atom. The molecule has 9 heteroatoms. The Kier molecular flexibility index (Phi) is 4.05. The molecule has 2 rings (SSSR count). The molecule has 0 saturated carbocycles. The minimum Gasteiger partial charge on any atom is -0.355 e. The highest BCUT2D eigenvalue weighted by atomic mass is 32.2. The molecule has 0 aromatic heterocycles. The molecule has 21 heavy (non-hydrogen) atoms. The first-order valence-electron chi connectivity index (χ1n) is 5.99. The number of piperazine rings is 1. The van der Waals surface area contributed by atoms with Crippen molar-refractivity contribution in [3.8, 4) is 0 Å². The number of benzene rings is 1. The maximum Gasteiger partial charge on any atom is 0.251 e. The van der Waals surface area contributed by atoms with E-state index in [1.54, 1.807) is 0 Å². The van der Waals surface area contributed by atoms with Crippen LogP contribution in [0.25, 0.3) is 0 Å². The van der Waals surface area contributed by atoms with Gasteiger partial charge in [-0.1, -0.05) is 0 Å². The lowest BCUT2D eigenvalue weighted by Gasteiger charge is -2.24. The Hall–Kier alpha value is -2.26. The standard InChI is InChI=1S/C12H13N3O5S/c1-13-12(18)8-2-4-9(5-3-8)21(19,20)15-6-10(16)14-11(17)7-15/h2-5H,6-7H2,1H3,(H,13,18)(H,14,16,17). The van der Waals surface area contributed by atoms with E-state index in [1.165, 1.54) is 31.3 Å². The number of amides is 3. The van der Waals surface area contributed by atoms with Gasteiger partial charge in [-0.3, -0.25) is 19.7 Å². The zero-order valence-electron chi connectivity index (χ0n) is 11.1. The topological polar surface area (TPSA) is 113 Å². The average molecular weight is 311 g/mol. The van der Waals surface area contributed by atoms with Crippen LogP contribution in [0.4, 0.5) is 0 Å². The molecule has 2 N–H and O–H groups in total. The van der Waals surface area contributed by atoms with Crippen LogP contribution in [0.1, 0.15) is 10.4 Å². The van der Waals surface area contributed by atoms with Crippen LogP contribution in [-0.2, 0) is 19.6 Å². The van der Waals surface area contributed by atoms with E-state index in [0.29, 0.717) is 5.56 Å². The van der Waals surface area contributed by atoms with E-state index in [4.69, 9.17) is 0 Å². The van der Waals surface area contributed by atoms with Gasteiger partial charge in [0.05, 0.1) is 18.0 Å². The van der Waals surface area contributed by atoms with E-state index in [0.717, 1.165) is 4.31 Å². The SMILES string of the molecule is CNC(=O)c1ccc(S(=O)(=O)N2CC(=O)NC(=O)C2)cc1. The number of hydrogen-bond donors (Lipinski definition) is 2. The van der Waals surface area contributed by atoms with Crippen molar-refractivity contribution in [1.29, 1.82) is 0 Å². The summed E-state index contributed by atoms with van der Waals surface area (Å²) in [6.45, 7) is -0.823. The summed E-state index contributed by atoms with van der Waals surface area (Å²) in [4.78, 5) is 33.8. The van der Waals surface area contributed by atoms with Gasteiger partial charge in [0, 0.05) is 12.6 Å². The van der Waals surface area contributed by atoms with Crippen LogP contribution in [0.2, 0.25) is 0 Å². The van der Waals surface area contributed by atoms with E-state index < -0.39 is 34.9 Å². The maximum atomic E-state index is 12.3. The van der Waals surface area contributed by atoms with Gasteiger partial charge in [0.25, 0.3) is 5.91 Å². The number of imide groups is 1. The number of rotatable bonds is 3. The largest absolute Gasteiger partial charge is 0.355 e. The zero-order chi connectivity index (χ0) is 15.6. The summed E-state index contributed by atoms with van der Waals surface area (Å²) >= 11 is 0. The summed E-state index contributed by atoms with van der Waals surface area (Å²) in [5, 5.41) is 4.45. The number of nitrogens with zero attached hydrogens (tertiary/aromatic N) is 1. The van der Waals surface area contributed by atoms with Gasteiger partial charge < -0.3 is 5.32 Å². The van der Waals surface area contributed by atoms with Gasteiger partial charge in [0.1, 0.15) is 0 Å². The molecule has 1 aliphatic heterocycles. The van der Waals surface area contributed by atoms with Crippen LogP contribution in [0, 0.1) is 0 Å². The fourth-order valence-corrected chi connectivity index (χ4v) is 3.21. The lowest BCUT2D eigenvalue weighted by molar-refractivity contribution is -0.134. The van der Waals surface area contributed by atoms with Crippen molar-refractivity contribution >= 4 is 27.7 Å². The molecule has 3 amide bonds. The zero-order valence-corrected chi connectivity index (χ0v) is 11.9. The van der Waals surface area contributed by atoms with Crippen molar-refractivity contribution in [2.45, 2.75) is 4.90 Å². The van der Waals surface area contributed by atoms with E-state index in [9.17, 15) is 22.8 Å². The first-order chi connectivity index (χ1) is 9.84. The highest BCUT2D eigenvalue weighted by molar-refractivity contribution is 7.89. The summed E-state index contributed by atoms with van der Waals surface area (Å²) in [5.41, 5.74) is 0.309. The molecule has 112 valence electrons. The fraction of sp³-hybridized carbons (Fsp3) is 0.250. The van der Waals surface area contributed by atoms with Gasteiger partial charge >= 0.3 is 0 Å². The molecule has 0 radical (unpaired) electrons. The highest BCUT2D eigenvalue weighted by Crippen LogP contribution is 2.17. The minimum absolute atomic E-state index is 0.0855. The predicted octanol–water partition coefficient (Wildman–Crippen LogP) is -1.31. The quantitative estimate of drug-likeness (QED) is 0.673. The molecule has 1 aliphatic rings. The van der Waals surface area contributed by atoms with Crippen LogP contribution in [0.5, 0.6) is 0 Å². The lowest BCUT2D eigenvalue weighted by Crippen LogP contribution is -2.53. The Bertz CT molecular complexity index is 680. The second-order valence-corrected chi connectivity index (χ2v) is 6.29. The molecule has 0 bridgehead atoms. The summed E-state index contributed by atoms with van der Waals surface area (Å²) in [6.07, 6.45) is 0. The minimum atomic E-state index is -3.96. The highest BCUT2D eigenvalue weighted by Gasteiger charge is 2.32. The van der Waals surface area contributed by atoms with E-state index in [2.05, 4.69) is 5.32 Å². The first kappa shape index (κ1) is 15.1.